The van der Waals surface area contributed by atoms with Gasteiger partial charge in [-0.1, -0.05) is 15.9 Å². The Morgan fingerprint density at radius 3 is 2.46 bits per heavy atom. The first kappa shape index (κ1) is 18.1. The molecule has 3 rings (SSSR count). The van der Waals surface area contributed by atoms with Gasteiger partial charge in [-0.2, -0.15) is 4.68 Å². The number of morpholine rings is 1. The highest BCUT2D eigenvalue weighted by molar-refractivity contribution is 9.10. The number of carboxylic acids is 1. The van der Waals surface area contributed by atoms with Crippen LogP contribution in [0.25, 0.3) is 0 Å². The summed E-state index contributed by atoms with van der Waals surface area (Å²) in [5.41, 5.74) is 1.37. The van der Waals surface area contributed by atoms with Crippen molar-refractivity contribution in [2.75, 3.05) is 36.6 Å². The van der Waals surface area contributed by atoms with Crippen molar-refractivity contribution in [1.82, 2.24) is 9.66 Å². The number of aromatic carboxylic acids is 1. The molecule has 0 bridgehead atoms. The Balaban J connectivity index is 2.00. The van der Waals surface area contributed by atoms with Crippen LogP contribution in [-0.4, -0.2) is 52.9 Å². The van der Waals surface area contributed by atoms with E-state index in [1.165, 1.54) is 0 Å². The fraction of sp³-hybridized carbons (Fsp3) is 0.250. The molecular weight excluding hydrogens is 408 g/mol. The second-order valence-electron chi connectivity index (χ2n) is 5.46. The van der Waals surface area contributed by atoms with Gasteiger partial charge < -0.3 is 14.7 Å². The average molecular weight is 423 g/mol. The Hall–Kier alpha value is -2.72. The van der Waals surface area contributed by atoms with E-state index in [1.807, 2.05) is 0 Å². The van der Waals surface area contributed by atoms with E-state index in [4.69, 9.17) is 9.84 Å². The molecule has 0 aliphatic carbocycles. The number of rotatable bonds is 4. The van der Waals surface area contributed by atoms with E-state index in [0.717, 1.165) is 15.3 Å². The number of amides is 1. The zero-order valence-electron chi connectivity index (χ0n) is 13.5. The summed E-state index contributed by atoms with van der Waals surface area (Å²) in [5.74, 6) is -1.81. The molecule has 0 radical (unpaired) electrons. The number of carboxylic acid groups (broad SMARTS) is 1. The number of halogens is 1. The number of ether oxygens (including phenoxy) is 1. The van der Waals surface area contributed by atoms with Gasteiger partial charge in [0, 0.05) is 23.1 Å². The van der Waals surface area contributed by atoms with Crippen LogP contribution in [-0.2, 0) is 4.74 Å². The fourth-order valence-corrected chi connectivity index (χ4v) is 2.71. The highest BCUT2D eigenvalue weighted by Crippen LogP contribution is 2.13. The summed E-state index contributed by atoms with van der Waals surface area (Å²) in [5, 5.41) is 9.17. The summed E-state index contributed by atoms with van der Waals surface area (Å²) in [7, 11) is 0. The van der Waals surface area contributed by atoms with E-state index in [-0.39, 0.29) is 5.95 Å². The van der Waals surface area contributed by atoms with Crippen molar-refractivity contribution in [2.45, 2.75) is 0 Å². The predicted octanol–water partition coefficient (Wildman–Crippen LogP) is 0.924. The van der Waals surface area contributed by atoms with Crippen LogP contribution < -0.4 is 15.9 Å². The second-order valence-corrected chi connectivity index (χ2v) is 6.38. The number of anilines is 1. The van der Waals surface area contributed by atoms with Crippen LogP contribution in [0, 0.1) is 0 Å². The summed E-state index contributed by atoms with van der Waals surface area (Å²) >= 11 is 3.28. The SMILES string of the molecule is O=C(Nn1c(N2CCOCC2)ncc(C(=O)O)c1=O)c1ccc(Br)cc1. The lowest BCUT2D eigenvalue weighted by molar-refractivity contribution is 0.0693. The first-order chi connectivity index (χ1) is 12.5. The van der Waals surface area contributed by atoms with Crippen LogP contribution in [0.3, 0.4) is 0 Å². The van der Waals surface area contributed by atoms with Crippen LogP contribution in [0.4, 0.5) is 5.95 Å². The summed E-state index contributed by atoms with van der Waals surface area (Å²) < 4.78 is 6.95. The number of hydrogen-bond donors (Lipinski definition) is 2. The summed E-state index contributed by atoms with van der Waals surface area (Å²) in [4.78, 5) is 42.1. The van der Waals surface area contributed by atoms with Gasteiger partial charge in [-0.3, -0.25) is 15.0 Å². The molecule has 0 spiro atoms. The van der Waals surface area contributed by atoms with E-state index in [2.05, 4.69) is 26.3 Å². The molecule has 0 saturated carbocycles. The first-order valence-corrected chi connectivity index (χ1v) is 8.51. The van der Waals surface area contributed by atoms with Crippen LogP contribution in [0.1, 0.15) is 20.7 Å². The molecule has 0 atom stereocenters. The maximum Gasteiger partial charge on any atom is 0.343 e. The summed E-state index contributed by atoms with van der Waals surface area (Å²) in [6.45, 7) is 1.81. The Morgan fingerprint density at radius 1 is 1.19 bits per heavy atom. The summed E-state index contributed by atoms with van der Waals surface area (Å²) in [6.07, 6.45) is 0.998. The maximum absolute atomic E-state index is 12.6. The topological polar surface area (TPSA) is 114 Å². The lowest BCUT2D eigenvalue weighted by Gasteiger charge is -2.29. The smallest absolute Gasteiger partial charge is 0.343 e. The molecule has 1 fully saturated rings. The third kappa shape index (κ3) is 3.75. The van der Waals surface area contributed by atoms with Crippen molar-refractivity contribution in [3.63, 3.8) is 0 Å². The van der Waals surface area contributed by atoms with Crippen LogP contribution in [0.2, 0.25) is 0 Å². The molecule has 2 heterocycles. The predicted molar refractivity (Wildman–Crippen MR) is 96.3 cm³/mol. The van der Waals surface area contributed by atoms with E-state index < -0.39 is 23.0 Å². The van der Waals surface area contributed by atoms with Crippen molar-refractivity contribution in [3.05, 3.63) is 56.4 Å². The fourth-order valence-electron chi connectivity index (χ4n) is 2.45. The van der Waals surface area contributed by atoms with E-state index in [9.17, 15) is 14.4 Å². The number of benzene rings is 1. The third-order valence-electron chi connectivity index (χ3n) is 3.79. The standard InChI is InChI=1S/C16H15BrN4O5/c17-11-3-1-10(2-4-11)13(22)19-21-14(23)12(15(24)25)9-18-16(21)20-5-7-26-8-6-20/h1-4,9H,5-8H2,(H,19,22)(H,24,25). The number of nitrogens with zero attached hydrogens (tertiary/aromatic N) is 3. The summed E-state index contributed by atoms with van der Waals surface area (Å²) in [6, 6.07) is 6.53. The van der Waals surface area contributed by atoms with Gasteiger partial charge in [0.05, 0.1) is 19.4 Å². The van der Waals surface area contributed by atoms with Crippen molar-refractivity contribution < 1.29 is 19.4 Å². The maximum atomic E-state index is 12.6. The normalized spacial score (nSPS) is 14.1. The number of carbonyl (C=O) groups excluding carboxylic acids is 1. The molecule has 136 valence electrons. The van der Waals surface area contributed by atoms with Gasteiger partial charge in [-0.15, -0.1) is 0 Å². The molecule has 1 aromatic carbocycles. The Bertz CT molecular complexity index is 891. The molecule has 0 unspecified atom stereocenters. The second kappa shape index (κ2) is 7.67. The molecule has 2 aromatic rings. The monoisotopic (exact) mass is 422 g/mol. The molecule has 1 aliphatic heterocycles. The van der Waals surface area contributed by atoms with E-state index in [0.29, 0.717) is 31.9 Å². The van der Waals surface area contributed by atoms with E-state index >= 15 is 0 Å². The van der Waals surface area contributed by atoms with Crippen molar-refractivity contribution >= 4 is 33.8 Å². The number of hydrogen-bond acceptors (Lipinski definition) is 6. The molecule has 1 saturated heterocycles. The van der Waals surface area contributed by atoms with Gasteiger partial charge in [-0.25, -0.2) is 9.78 Å². The van der Waals surface area contributed by atoms with Gasteiger partial charge in [0.25, 0.3) is 11.5 Å². The number of carbonyl (C=O) groups is 2. The van der Waals surface area contributed by atoms with Gasteiger partial charge >= 0.3 is 5.97 Å². The van der Waals surface area contributed by atoms with Crippen molar-refractivity contribution in [1.29, 1.82) is 0 Å². The molecule has 26 heavy (non-hydrogen) atoms. The van der Waals surface area contributed by atoms with Crippen molar-refractivity contribution in [3.8, 4) is 0 Å². The largest absolute Gasteiger partial charge is 0.477 e. The number of nitrogens with one attached hydrogen (secondary N) is 1. The Morgan fingerprint density at radius 2 is 1.85 bits per heavy atom. The molecule has 1 amide bonds. The number of aromatic nitrogens is 2. The van der Waals surface area contributed by atoms with Crippen LogP contribution >= 0.6 is 15.9 Å². The molecule has 9 nitrogen and oxygen atoms in total. The average Bonchev–Trinajstić information content (AvgIpc) is 2.64. The molecule has 10 heteroatoms. The third-order valence-corrected chi connectivity index (χ3v) is 4.32. The van der Waals surface area contributed by atoms with Crippen LogP contribution in [0.5, 0.6) is 0 Å². The minimum Gasteiger partial charge on any atom is -0.477 e. The minimum atomic E-state index is -1.41. The van der Waals surface area contributed by atoms with E-state index in [1.54, 1.807) is 29.2 Å². The van der Waals surface area contributed by atoms with Gasteiger partial charge in [0.15, 0.2) is 0 Å². The molecule has 1 aliphatic rings. The Kier molecular flexibility index (Phi) is 5.33. The minimum absolute atomic E-state index is 0.161. The molecule has 2 N–H and O–H groups in total. The quantitative estimate of drug-likeness (QED) is 0.752. The van der Waals surface area contributed by atoms with Gasteiger partial charge in [0.2, 0.25) is 5.95 Å². The molecule has 1 aromatic heterocycles. The van der Waals surface area contributed by atoms with Gasteiger partial charge in [-0.05, 0) is 24.3 Å². The lowest BCUT2D eigenvalue weighted by atomic mass is 10.2. The highest BCUT2D eigenvalue weighted by Gasteiger charge is 2.22. The zero-order valence-corrected chi connectivity index (χ0v) is 15.1. The van der Waals surface area contributed by atoms with Gasteiger partial charge in [0.1, 0.15) is 5.56 Å². The Labute approximate surface area is 156 Å². The first-order valence-electron chi connectivity index (χ1n) is 7.72. The molecular formula is C16H15BrN4O5. The highest BCUT2D eigenvalue weighted by atomic mass is 79.9. The van der Waals surface area contributed by atoms with Crippen molar-refractivity contribution in [2.24, 2.45) is 0 Å². The zero-order chi connectivity index (χ0) is 18.7. The lowest BCUT2D eigenvalue weighted by Crippen LogP contribution is -2.45. The van der Waals surface area contributed by atoms with Crippen LogP contribution in [0.15, 0.2) is 39.7 Å².